The van der Waals surface area contributed by atoms with Crippen LogP contribution in [0.2, 0.25) is 0 Å². The smallest absolute Gasteiger partial charge is 0.309 e. The highest BCUT2D eigenvalue weighted by Gasteiger charge is 2.68. The number of carbonyl (C=O) groups excluding carboxylic acids is 1. The minimum absolute atomic E-state index is 0.0312. The van der Waals surface area contributed by atoms with Crippen LogP contribution in [0.15, 0.2) is 0 Å². The van der Waals surface area contributed by atoms with E-state index in [9.17, 15) is 18.9 Å². The van der Waals surface area contributed by atoms with Gasteiger partial charge in [-0.15, -0.1) is 0 Å². The van der Waals surface area contributed by atoms with Crippen LogP contribution in [0.5, 0.6) is 0 Å². The Hall–Kier alpha value is -0.710. The molecule has 0 aromatic carbocycles. The molecule has 0 saturated heterocycles. The topological polar surface area (TPSA) is 71.4 Å². The second-order valence-corrected chi connectivity index (χ2v) is 12.0. The minimum Gasteiger partial charge on any atom is -0.481 e. The molecule has 5 rings (SSSR count). The zero-order chi connectivity index (χ0) is 19.6. The lowest BCUT2D eigenvalue weighted by atomic mass is 9.36. The predicted molar refractivity (Wildman–Crippen MR) is 106 cm³/mol. The molecule has 4 nitrogen and oxygen atoms in total. The summed E-state index contributed by atoms with van der Waals surface area (Å²) in [6.45, 7) is 4.27. The van der Waals surface area contributed by atoms with Crippen molar-refractivity contribution in [1.29, 1.82) is 0 Å². The quantitative estimate of drug-likeness (QED) is 0.781. The van der Waals surface area contributed by atoms with E-state index in [0.29, 0.717) is 23.4 Å². The molecule has 0 aromatic heterocycles. The van der Waals surface area contributed by atoms with E-state index < -0.39 is 22.2 Å². The van der Waals surface area contributed by atoms with Crippen molar-refractivity contribution < 1.29 is 18.9 Å². The number of carbonyl (C=O) groups is 2. The zero-order valence-corrected chi connectivity index (χ0v) is 17.8. The zero-order valence-electron chi connectivity index (χ0n) is 17.0. The van der Waals surface area contributed by atoms with Crippen LogP contribution in [-0.2, 0) is 20.4 Å². The van der Waals surface area contributed by atoms with Crippen molar-refractivity contribution >= 4 is 22.6 Å². The van der Waals surface area contributed by atoms with Crippen molar-refractivity contribution in [3.63, 3.8) is 0 Å². The van der Waals surface area contributed by atoms with Crippen LogP contribution < -0.4 is 0 Å². The number of hydrogen-bond acceptors (Lipinski definition) is 3. The first-order valence-corrected chi connectivity index (χ1v) is 12.5. The van der Waals surface area contributed by atoms with Crippen LogP contribution in [0.3, 0.4) is 0 Å². The second-order valence-electron chi connectivity index (χ2n) is 10.5. The molecule has 5 aliphatic carbocycles. The average molecular weight is 395 g/mol. The van der Waals surface area contributed by atoms with Crippen LogP contribution >= 0.6 is 0 Å². The maximum absolute atomic E-state index is 13.7. The molecule has 0 aromatic rings. The molecule has 5 aliphatic rings. The Labute approximate surface area is 165 Å². The Morgan fingerprint density at radius 2 is 1.85 bits per heavy atom. The number of carboxylic acid groups (broad SMARTS) is 1. The van der Waals surface area contributed by atoms with Gasteiger partial charge in [0, 0.05) is 34.1 Å². The van der Waals surface area contributed by atoms with Crippen molar-refractivity contribution in [2.45, 2.75) is 71.6 Å². The highest BCUT2D eigenvalue weighted by atomic mass is 32.2. The molecule has 0 amide bonds. The summed E-state index contributed by atoms with van der Waals surface area (Å²) in [4.78, 5) is 25.8. The van der Waals surface area contributed by atoms with Gasteiger partial charge in [-0.1, -0.05) is 13.3 Å². The molecule has 2 bridgehead atoms. The molecule has 5 fully saturated rings. The van der Waals surface area contributed by atoms with Crippen molar-refractivity contribution in [3.8, 4) is 0 Å². The monoisotopic (exact) mass is 394 g/mol. The number of fused-ring (bicyclic) bond motifs is 3. The van der Waals surface area contributed by atoms with E-state index in [1.807, 2.05) is 6.92 Å². The first-order chi connectivity index (χ1) is 12.6. The number of Topliss-reactive ketones (excluding diaryl/α,β-unsaturated/α-hetero) is 1. The van der Waals surface area contributed by atoms with E-state index >= 15 is 0 Å². The molecule has 27 heavy (non-hydrogen) atoms. The van der Waals surface area contributed by atoms with E-state index in [1.54, 1.807) is 6.26 Å². The third-order valence-electron chi connectivity index (χ3n) is 9.42. The third-order valence-corrected chi connectivity index (χ3v) is 10.2. The summed E-state index contributed by atoms with van der Waals surface area (Å²) in [6, 6.07) is 0. The van der Waals surface area contributed by atoms with E-state index in [2.05, 4.69) is 6.92 Å². The van der Waals surface area contributed by atoms with Gasteiger partial charge >= 0.3 is 5.97 Å². The fourth-order valence-electron chi connectivity index (χ4n) is 8.13. The SMILES string of the molecule is CS(=O)CC[C@@H]1C(=O)[C@@]23CCC4[C@](C)(C(=O)O)CCC[C@@]4(C)[C@@H]2C[C@@H]1CC3. The number of carboxylic acids is 1. The van der Waals surface area contributed by atoms with Crippen LogP contribution in [0.1, 0.15) is 71.6 Å². The number of aliphatic carboxylic acids is 1. The van der Waals surface area contributed by atoms with Gasteiger partial charge in [-0.2, -0.15) is 0 Å². The highest BCUT2D eigenvalue weighted by Crippen LogP contribution is 2.71. The van der Waals surface area contributed by atoms with Crippen LogP contribution in [0, 0.1) is 39.9 Å². The molecule has 0 heterocycles. The summed E-state index contributed by atoms with van der Waals surface area (Å²) in [5.41, 5.74) is -0.903. The third kappa shape index (κ3) is 2.63. The number of rotatable bonds is 4. The van der Waals surface area contributed by atoms with Crippen molar-refractivity contribution in [3.05, 3.63) is 0 Å². The summed E-state index contributed by atoms with van der Waals surface area (Å²) < 4.78 is 11.6. The lowest BCUT2D eigenvalue weighted by molar-refractivity contribution is -0.203. The largest absolute Gasteiger partial charge is 0.481 e. The molecule has 152 valence electrons. The molecule has 5 saturated carbocycles. The highest BCUT2D eigenvalue weighted by molar-refractivity contribution is 7.84. The van der Waals surface area contributed by atoms with Gasteiger partial charge in [0.25, 0.3) is 0 Å². The summed E-state index contributed by atoms with van der Waals surface area (Å²) >= 11 is 0. The lowest BCUT2D eigenvalue weighted by Crippen LogP contribution is -2.65. The van der Waals surface area contributed by atoms with Crippen LogP contribution in [-0.4, -0.2) is 33.1 Å². The molecule has 8 atom stereocenters. The van der Waals surface area contributed by atoms with Crippen LogP contribution in [0.25, 0.3) is 0 Å². The summed E-state index contributed by atoms with van der Waals surface area (Å²) in [6.07, 6.45) is 10.2. The number of ketones is 1. The molecule has 2 unspecified atom stereocenters. The molecule has 1 N–H and O–H groups in total. The molecule has 5 heteroatoms. The Kier molecular flexibility index (Phi) is 4.64. The maximum atomic E-state index is 13.7. The van der Waals surface area contributed by atoms with E-state index in [4.69, 9.17) is 0 Å². The Morgan fingerprint density at radius 1 is 1.15 bits per heavy atom. The second kappa shape index (κ2) is 6.40. The summed E-state index contributed by atoms with van der Waals surface area (Å²) in [5.74, 6) is 1.46. The first-order valence-electron chi connectivity index (χ1n) is 10.7. The predicted octanol–water partition coefficient (Wildman–Crippen LogP) is 4.05. The molecule has 1 spiro atoms. The van der Waals surface area contributed by atoms with Gasteiger partial charge in [0.05, 0.1) is 5.41 Å². The standard InChI is InChI=1S/C22H34O4S/c1-20-8-4-9-21(2,19(24)25)16(20)6-11-22-10-5-14(13-17(20)22)15(18(22)23)7-12-27(3)26/h14-17H,4-13H2,1-3H3,(H,24,25)/t14-,15-,16?,17-,20+,21+,22-,27?/m0/s1. The van der Waals surface area contributed by atoms with Crippen molar-refractivity contribution in [1.82, 2.24) is 0 Å². The molecule has 0 aliphatic heterocycles. The Bertz CT molecular complexity index is 690. The van der Waals surface area contributed by atoms with Gasteiger partial charge in [0.15, 0.2) is 0 Å². The summed E-state index contributed by atoms with van der Waals surface area (Å²) in [5, 5.41) is 10.00. The van der Waals surface area contributed by atoms with E-state index in [0.717, 1.165) is 57.8 Å². The summed E-state index contributed by atoms with van der Waals surface area (Å²) in [7, 11) is -0.844. The lowest BCUT2D eigenvalue weighted by Gasteiger charge is -2.67. The van der Waals surface area contributed by atoms with Crippen LogP contribution in [0.4, 0.5) is 0 Å². The number of hydrogen-bond donors (Lipinski definition) is 1. The van der Waals surface area contributed by atoms with Crippen molar-refractivity contribution in [2.24, 2.45) is 39.9 Å². The normalized spacial score (nSPS) is 50.0. The molecular weight excluding hydrogens is 360 g/mol. The van der Waals surface area contributed by atoms with Gasteiger partial charge in [-0.25, -0.2) is 0 Å². The van der Waals surface area contributed by atoms with Gasteiger partial charge in [-0.05, 0) is 81.5 Å². The fourth-order valence-corrected chi connectivity index (χ4v) is 8.71. The average Bonchev–Trinajstić information content (AvgIpc) is 2.61. The Balaban J connectivity index is 1.67. The van der Waals surface area contributed by atoms with E-state index in [1.165, 1.54) is 0 Å². The first kappa shape index (κ1) is 19.6. The minimum atomic E-state index is -0.844. The molecule has 0 radical (unpaired) electrons. The van der Waals surface area contributed by atoms with Gasteiger partial charge in [0.2, 0.25) is 0 Å². The van der Waals surface area contributed by atoms with E-state index in [-0.39, 0.29) is 22.7 Å². The maximum Gasteiger partial charge on any atom is 0.309 e. The van der Waals surface area contributed by atoms with Gasteiger partial charge < -0.3 is 5.11 Å². The molecular formula is C22H34O4S. The Morgan fingerprint density at radius 3 is 2.52 bits per heavy atom. The van der Waals surface area contributed by atoms with Crippen molar-refractivity contribution in [2.75, 3.05) is 12.0 Å². The van der Waals surface area contributed by atoms with Gasteiger partial charge in [-0.3, -0.25) is 13.8 Å². The fraction of sp³-hybridized carbons (Fsp3) is 0.909. The van der Waals surface area contributed by atoms with Gasteiger partial charge in [0.1, 0.15) is 5.78 Å².